The largest absolute Gasteiger partial charge is 0.342 e. The fourth-order valence-electron chi connectivity index (χ4n) is 4.28. The third kappa shape index (κ3) is 5.33. The van der Waals surface area contributed by atoms with Gasteiger partial charge >= 0.3 is 0 Å². The van der Waals surface area contributed by atoms with Gasteiger partial charge in [0, 0.05) is 63.9 Å². The van der Waals surface area contributed by atoms with Crippen molar-refractivity contribution in [3.8, 4) is 0 Å². The molecule has 2 aliphatic heterocycles. The van der Waals surface area contributed by atoms with E-state index in [1.807, 2.05) is 16.0 Å². The molecule has 0 radical (unpaired) electrons. The molecule has 150 valence electrons. The Bertz CT molecular complexity index is 627. The van der Waals surface area contributed by atoms with E-state index in [1.165, 1.54) is 6.42 Å². The van der Waals surface area contributed by atoms with Gasteiger partial charge in [0.15, 0.2) is 0 Å². The van der Waals surface area contributed by atoms with E-state index in [9.17, 15) is 9.59 Å². The number of carbonyl (C=O) groups excluding carboxylic acids is 2. The van der Waals surface area contributed by atoms with Crippen LogP contribution in [-0.2, 0) is 16.1 Å². The van der Waals surface area contributed by atoms with Crippen LogP contribution in [0.5, 0.6) is 0 Å². The molecule has 0 N–H and O–H groups in total. The van der Waals surface area contributed by atoms with Gasteiger partial charge in [0.25, 0.3) is 0 Å². The van der Waals surface area contributed by atoms with E-state index < -0.39 is 0 Å². The highest BCUT2D eigenvalue weighted by Gasteiger charge is 2.28. The zero-order valence-electron chi connectivity index (χ0n) is 16.7. The molecule has 2 amide bonds. The van der Waals surface area contributed by atoms with E-state index in [-0.39, 0.29) is 11.8 Å². The first kappa shape index (κ1) is 19.9. The van der Waals surface area contributed by atoms with Crippen molar-refractivity contribution in [2.45, 2.75) is 77.2 Å². The molecule has 6 nitrogen and oxygen atoms in total. The van der Waals surface area contributed by atoms with Crippen molar-refractivity contribution in [1.29, 1.82) is 0 Å². The summed E-state index contributed by atoms with van der Waals surface area (Å²) < 4.78 is 2.26. The number of aryl methyl sites for hydroxylation is 1. The SMILES string of the molecule is CCCCn1ccnc1[C@@H]1CCCN(C(=O)CCN2CCCCCC2=O)C1. The third-order valence-corrected chi connectivity index (χ3v) is 5.91. The third-order valence-electron chi connectivity index (χ3n) is 5.91. The molecule has 1 aromatic heterocycles. The van der Waals surface area contributed by atoms with E-state index in [0.717, 1.165) is 70.5 Å². The van der Waals surface area contributed by atoms with Crippen molar-refractivity contribution < 1.29 is 9.59 Å². The van der Waals surface area contributed by atoms with Crippen LogP contribution in [0, 0.1) is 0 Å². The minimum atomic E-state index is 0.184. The topological polar surface area (TPSA) is 58.4 Å². The van der Waals surface area contributed by atoms with Crippen LogP contribution >= 0.6 is 0 Å². The van der Waals surface area contributed by atoms with Crippen LogP contribution in [0.4, 0.5) is 0 Å². The number of nitrogens with zero attached hydrogens (tertiary/aromatic N) is 4. The molecule has 1 atom stereocenters. The number of rotatable bonds is 7. The highest BCUT2D eigenvalue weighted by molar-refractivity contribution is 5.79. The lowest BCUT2D eigenvalue weighted by atomic mass is 9.96. The van der Waals surface area contributed by atoms with Gasteiger partial charge in [-0.05, 0) is 32.1 Å². The maximum Gasteiger partial charge on any atom is 0.224 e. The van der Waals surface area contributed by atoms with Gasteiger partial charge in [0.2, 0.25) is 11.8 Å². The van der Waals surface area contributed by atoms with Gasteiger partial charge in [-0.1, -0.05) is 19.8 Å². The van der Waals surface area contributed by atoms with Crippen LogP contribution in [0.3, 0.4) is 0 Å². The van der Waals surface area contributed by atoms with Crippen LogP contribution in [0.15, 0.2) is 12.4 Å². The molecule has 3 rings (SSSR count). The molecule has 0 aromatic carbocycles. The number of carbonyl (C=O) groups is 2. The molecular weight excluding hydrogens is 340 g/mol. The first-order valence-electron chi connectivity index (χ1n) is 10.8. The fourth-order valence-corrected chi connectivity index (χ4v) is 4.28. The lowest BCUT2D eigenvalue weighted by molar-refractivity contribution is -0.135. The van der Waals surface area contributed by atoms with Gasteiger partial charge < -0.3 is 14.4 Å². The zero-order chi connectivity index (χ0) is 19.1. The monoisotopic (exact) mass is 374 g/mol. The van der Waals surface area contributed by atoms with Crippen LogP contribution < -0.4 is 0 Å². The molecule has 0 bridgehead atoms. The molecule has 2 fully saturated rings. The maximum absolute atomic E-state index is 12.8. The summed E-state index contributed by atoms with van der Waals surface area (Å²) in [6.07, 6.45) is 12.7. The molecule has 1 aromatic rings. The Balaban J connectivity index is 1.53. The van der Waals surface area contributed by atoms with Crippen LogP contribution in [0.1, 0.15) is 76.5 Å². The number of unbranched alkanes of at least 4 members (excludes halogenated alkanes) is 1. The number of hydrogen-bond donors (Lipinski definition) is 0. The van der Waals surface area contributed by atoms with Gasteiger partial charge in [0.1, 0.15) is 5.82 Å². The first-order valence-corrected chi connectivity index (χ1v) is 10.8. The average molecular weight is 375 g/mol. The molecule has 0 spiro atoms. The quantitative estimate of drug-likeness (QED) is 0.736. The molecule has 2 aliphatic rings. The summed E-state index contributed by atoms with van der Waals surface area (Å²) in [6, 6.07) is 0. The van der Waals surface area contributed by atoms with Gasteiger partial charge in [-0.3, -0.25) is 9.59 Å². The molecule has 6 heteroatoms. The standard InChI is InChI=1S/C21H34N4O2/c1-2-3-12-24-16-11-22-21(24)18-8-7-14-25(17-18)20(27)10-15-23-13-6-4-5-9-19(23)26/h11,16,18H,2-10,12-15,17H2,1H3/t18-/m1/s1. The fraction of sp³-hybridized carbons (Fsp3) is 0.762. The lowest BCUT2D eigenvalue weighted by Gasteiger charge is -2.33. The smallest absolute Gasteiger partial charge is 0.224 e. The number of aromatic nitrogens is 2. The van der Waals surface area contributed by atoms with E-state index in [1.54, 1.807) is 0 Å². The summed E-state index contributed by atoms with van der Waals surface area (Å²) in [7, 11) is 0. The molecule has 0 saturated carbocycles. The van der Waals surface area contributed by atoms with Crippen LogP contribution in [0.2, 0.25) is 0 Å². The second-order valence-corrected chi connectivity index (χ2v) is 7.95. The summed E-state index contributed by atoms with van der Waals surface area (Å²) in [5.41, 5.74) is 0. The molecule has 27 heavy (non-hydrogen) atoms. The summed E-state index contributed by atoms with van der Waals surface area (Å²) in [4.78, 5) is 33.4. The van der Waals surface area contributed by atoms with Gasteiger partial charge in [-0.25, -0.2) is 4.98 Å². The van der Waals surface area contributed by atoms with Crippen LogP contribution in [-0.4, -0.2) is 57.3 Å². The summed E-state index contributed by atoms with van der Waals surface area (Å²) in [6.45, 7) is 6.18. The second kappa shape index (κ2) is 9.90. The highest BCUT2D eigenvalue weighted by Crippen LogP contribution is 2.26. The number of hydrogen-bond acceptors (Lipinski definition) is 3. The maximum atomic E-state index is 12.8. The number of amides is 2. The summed E-state index contributed by atoms with van der Waals surface area (Å²) in [5.74, 6) is 1.86. The van der Waals surface area contributed by atoms with Crippen molar-refractivity contribution in [2.24, 2.45) is 0 Å². The Morgan fingerprint density at radius 3 is 2.93 bits per heavy atom. The van der Waals surface area contributed by atoms with E-state index in [4.69, 9.17) is 0 Å². The van der Waals surface area contributed by atoms with Gasteiger partial charge in [0.05, 0.1) is 0 Å². The van der Waals surface area contributed by atoms with Crippen molar-refractivity contribution >= 4 is 11.8 Å². The predicted octanol–water partition coefficient (Wildman–Crippen LogP) is 3.18. The molecule has 2 saturated heterocycles. The minimum absolute atomic E-state index is 0.184. The Kier molecular flexibility index (Phi) is 7.30. The first-order chi connectivity index (χ1) is 13.2. The predicted molar refractivity (Wildman–Crippen MR) is 105 cm³/mol. The number of likely N-dealkylation sites (tertiary alicyclic amines) is 2. The average Bonchev–Trinajstić information content (AvgIpc) is 3.07. The Labute approximate surface area is 162 Å². The molecule has 3 heterocycles. The number of piperidine rings is 1. The van der Waals surface area contributed by atoms with E-state index >= 15 is 0 Å². The Morgan fingerprint density at radius 1 is 1.19 bits per heavy atom. The summed E-state index contributed by atoms with van der Waals surface area (Å²) >= 11 is 0. The highest BCUT2D eigenvalue weighted by atomic mass is 16.2. The van der Waals surface area contributed by atoms with Gasteiger partial charge in [-0.15, -0.1) is 0 Å². The normalized spacial score (nSPS) is 21.4. The minimum Gasteiger partial charge on any atom is -0.342 e. The van der Waals surface area contributed by atoms with Gasteiger partial charge in [-0.2, -0.15) is 0 Å². The zero-order valence-corrected chi connectivity index (χ0v) is 16.7. The van der Waals surface area contributed by atoms with E-state index in [2.05, 4.69) is 22.7 Å². The van der Waals surface area contributed by atoms with Crippen molar-refractivity contribution in [3.63, 3.8) is 0 Å². The Hall–Kier alpha value is -1.85. The van der Waals surface area contributed by atoms with Crippen molar-refractivity contribution in [3.05, 3.63) is 18.2 Å². The van der Waals surface area contributed by atoms with Crippen molar-refractivity contribution in [2.75, 3.05) is 26.2 Å². The van der Waals surface area contributed by atoms with Crippen LogP contribution in [0.25, 0.3) is 0 Å². The summed E-state index contributed by atoms with van der Waals surface area (Å²) in [5, 5.41) is 0. The molecule has 0 unspecified atom stereocenters. The Morgan fingerprint density at radius 2 is 2.07 bits per heavy atom. The lowest BCUT2D eigenvalue weighted by Crippen LogP contribution is -2.41. The van der Waals surface area contributed by atoms with E-state index in [0.29, 0.717) is 25.3 Å². The second-order valence-electron chi connectivity index (χ2n) is 7.95. The molecular formula is C21H34N4O2. The van der Waals surface area contributed by atoms with Crippen molar-refractivity contribution in [1.82, 2.24) is 19.4 Å². The number of imidazole rings is 1. The molecule has 0 aliphatic carbocycles.